The third-order valence-corrected chi connectivity index (χ3v) is 4.23. The fraction of sp³-hybridized carbons (Fsp3) is 0.611. The molecule has 2 unspecified atom stereocenters. The Morgan fingerprint density at radius 2 is 1.90 bits per heavy atom. The average Bonchev–Trinajstić information content (AvgIpc) is 2.34. The van der Waals surface area contributed by atoms with Crippen LogP contribution in [0, 0.1) is 10.8 Å². The molecular formula is C18H27NO2. The molecule has 3 nitrogen and oxygen atoms in total. The van der Waals surface area contributed by atoms with E-state index in [-0.39, 0.29) is 22.9 Å². The van der Waals surface area contributed by atoms with Gasteiger partial charge in [0.2, 0.25) is 0 Å². The lowest BCUT2D eigenvalue weighted by Gasteiger charge is -2.46. The molecule has 0 aromatic heterocycles. The highest BCUT2D eigenvalue weighted by molar-refractivity contribution is 5.66. The Kier molecular flexibility index (Phi) is 4.60. The van der Waals surface area contributed by atoms with Crippen molar-refractivity contribution in [1.29, 1.82) is 0 Å². The summed E-state index contributed by atoms with van der Waals surface area (Å²) in [7, 11) is 0. The molecule has 2 rings (SSSR count). The second-order valence-corrected chi connectivity index (χ2v) is 7.51. The number of carbonyl (C=O) groups excluding carboxylic acids is 1. The standard InChI is InChI=1S/C18H27NO2/c1-14(20)21-16-10-17(2,3)12-18(4,11-16)13-19-15-8-6-5-7-9-15/h5-9,16,19H,10-13H2,1-4H3. The van der Waals surface area contributed by atoms with E-state index < -0.39 is 0 Å². The molecule has 0 spiro atoms. The van der Waals surface area contributed by atoms with E-state index in [1.54, 1.807) is 0 Å². The molecule has 116 valence electrons. The van der Waals surface area contributed by atoms with Crippen LogP contribution in [0.1, 0.15) is 47.0 Å². The van der Waals surface area contributed by atoms with E-state index >= 15 is 0 Å². The predicted molar refractivity (Wildman–Crippen MR) is 86.2 cm³/mol. The summed E-state index contributed by atoms with van der Waals surface area (Å²) in [6.07, 6.45) is 3.05. The fourth-order valence-electron chi connectivity index (χ4n) is 3.86. The summed E-state index contributed by atoms with van der Waals surface area (Å²) < 4.78 is 5.51. The van der Waals surface area contributed by atoms with Crippen LogP contribution in [0.2, 0.25) is 0 Å². The van der Waals surface area contributed by atoms with Crippen LogP contribution in [-0.2, 0) is 9.53 Å². The summed E-state index contributed by atoms with van der Waals surface area (Å²) in [6.45, 7) is 9.23. The third kappa shape index (κ3) is 4.76. The molecule has 0 bridgehead atoms. The molecule has 21 heavy (non-hydrogen) atoms. The summed E-state index contributed by atoms with van der Waals surface area (Å²) >= 11 is 0. The minimum atomic E-state index is -0.170. The van der Waals surface area contributed by atoms with Crippen LogP contribution >= 0.6 is 0 Å². The molecule has 2 atom stereocenters. The van der Waals surface area contributed by atoms with Crippen LogP contribution in [0.25, 0.3) is 0 Å². The van der Waals surface area contributed by atoms with E-state index in [1.807, 2.05) is 18.2 Å². The Bertz CT molecular complexity index is 483. The quantitative estimate of drug-likeness (QED) is 0.842. The van der Waals surface area contributed by atoms with E-state index in [2.05, 4.69) is 38.2 Å². The maximum Gasteiger partial charge on any atom is 0.302 e. The molecular weight excluding hydrogens is 262 g/mol. The smallest absolute Gasteiger partial charge is 0.302 e. The first-order valence-electron chi connectivity index (χ1n) is 7.74. The minimum Gasteiger partial charge on any atom is -0.463 e. The maximum absolute atomic E-state index is 11.3. The molecule has 0 saturated heterocycles. The Morgan fingerprint density at radius 3 is 2.52 bits per heavy atom. The van der Waals surface area contributed by atoms with Gasteiger partial charge in [0.1, 0.15) is 6.10 Å². The number of hydrogen-bond donors (Lipinski definition) is 1. The first kappa shape index (κ1) is 15.9. The first-order valence-corrected chi connectivity index (χ1v) is 7.74. The topological polar surface area (TPSA) is 38.3 Å². The Balaban J connectivity index is 2.03. The van der Waals surface area contributed by atoms with Crippen molar-refractivity contribution < 1.29 is 9.53 Å². The highest BCUT2D eigenvalue weighted by atomic mass is 16.5. The molecule has 0 heterocycles. The van der Waals surface area contributed by atoms with Gasteiger partial charge in [0.15, 0.2) is 0 Å². The molecule has 3 heteroatoms. The maximum atomic E-state index is 11.3. The first-order chi connectivity index (χ1) is 9.78. The van der Waals surface area contributed by atoms with Crippen LogP contribution in [0.3, 0.4) is 0 Å². The molecule has 1 aromatic rings. The molecule has 0 amide bonds. The molecule has 1 aliphatic carbocycles. The van der Waals surface area contributed by atoms with Crippen molar-refractivity contribution in [3.8, 4) is 0 Å². The predicted octanol–water partition coefficient (Wildman–Crippen LogP) is 4.25. The van der Waals surface area contributed by atoms with Gasteiger partial charge < -0.3 is 10.1 Å². The van der Waals surface area contributed by atoms with Gasteiger partial charge in [-0.1, -0.05) is 39.0 Å². The van der Waals surface area contributed by atoms with Crippen molar-refractivity contribution in [2.45, 2.75) is 53.1 Å². The third-order valence-electron chi connectivity index (χ3n) is 4.23. The van der Waals surface area contributed by atoms with Crippen molar-refractivity contribution in [3.63, 3.8) is 0 Å². The van der Waals surface area contributed by atoms with Crippen LogP contribution in [0.15, 0.2) is 30.3 Å². The zero-order valence-electron chi connectivity index (χ0n) is 13.6. The van der Waals surface area contributed by atoms with E-state index in [4.69, 9.17) is 4.74 Å². The zero-order chi connectivity index (χ0) is 15.5. The zero-order valence-corrected chi connectivity index (χ0v) is 13.6. The molecule has 1 fully saturated rings. The van der Waals surface area contributed by atoms with Crippen LogP contribution in [0.5, 0.6) is 0 Å². The highest BCUT2D eigenvalue weighted by Gasteiger charge is 2.42. The van der Waals surface area contributed by atoms with E-state index in [9.17, 15) is 4.79 Å². The summed E-state index contributed by atoms with van der Waals surface area (Å²) in [5.74, 6) is -0.170. The lowest BCUT2D eigenvalue weighted by Crippen LogP contribution is -2.43. The van der Waals surface area contributed by atoms with Crippen LogP contribution in [0.4, 0.5) is 5.69 Å². The summed E-state index contributed by atoms with van der Waals surface area (Å²) in [4.78, 5) is 11.3. The van der Waals surface area contributed by atoms with Crippen LogP contribution in [-0.4, -0.2) is 18.6 Å². The van der Waals surface area contributed by atoms with Crippen molar-refractivity contribution in [2.24, 2.45) is 10.8 Å². The average molecular weight is 289 g/mol. The number of anilines is 1. The van der Waals surface area contributed by atoms with Gasteiger partial charge in [-0.05, 0) is 42.2 Å². The number of hydrogen-bond acceptors (Lipinski definition) is 3. The van der Waals surface area contributed by atoms with Crippen molar-refractivity contribution in [2.75, 3.05) is 11.9 Å². The fourth-order valence-corrected chi connectivity index (χ4v) is 3.86. The minimum absolute atomic E-state index is 0.0359. The summed E-state index contributed by atoms with van der Waals surface area (Å²) in [5.41, 5.74) is 1.48. The second-order valence-electron chi connectivity index (χ2n) is 7.51. The lowest BCUT2D eigenvalue weighted by atomic mass is 9.63. The van der Waals surface area contributed by atoms with Gasteiger partial charge in [-0.3, -0.25) is 4.79 Å². The highest BCUT2D eigenvalue weighted by Crippen LogP contribution is 2.47. The van der Waals surface area contributed by atoms with Crippen molar-refractivity contribution in [3.05, 3.63) is 30.3 Å². The normalized spacial score (nSPS) is 27.9. The molecule has 1 aromatic carbocycles. The molecule has 1 saturated carbocycles. The molecule has 1 aliphatic rings. The Labute approximate surface area is 128 Å². The van der Waals surface area contributed by atoms with E-state index in [0.717, 1.165) is 31.5 Å². The summed E-state index contributed by atoms with van der Waals surface area (Å²) in [5, 5.41) is 3.53. The Morgan fingerprint density at radius 1 is 1.24 bits per heavy atom. The van der Waals surface area contributed by atoms with Crippen molar-refractivity contribution >= 4 is 11.7 Å². The van der Waals surface area contributed by atoms with Gasteiger partial charge in [0.25, 0.3) is 0 Å². The molecule has 1 N–H and O–H groups in total. The van der Waals surface area contributed by atoms with Gasteiger partial charge >= 0.3 is 5.97 Å². The number of carbonyl (C=O) groups is 1. The van der Waals surface area contributed by atoms with Crippen molar-refractivity contribution in [1.82, 2.24) is 0 Å². The van der Waals surface area contributed by atoms with Gasteiger partial charge in [-0.2, -0.15) is 0 Å². The number of para-hydroxylation sites is 1. The monoisotopic (exact) mass is 289 g/mol. The lowest BCUT2D eigenvalue weighted by molar-refractivity contribution is -0.152. The largest absolute Gasteiger partial charge is 0.463 e. The van der Waals surface area contributed by atoms with E-state index in [1.165, 1.54) is 6.92 Å². The van der Waals surface area contributed by atoms with Gasteiger partial charge in [0, 0.05) is 19.2 Å². The Hall–Kier alpha value is -1.51. The molecule has 0 aliphatic heterocycles. The van der Waals surface area contributed by atoms with E-state index in [0.29, 0.717) is 0 Å². The van der Waals surface area contributed by atoms with Gasteiger partial charge in [-0.25, -0.2) is 0 Å². The van der Waals surface area contributed by atoms with Crippen LogP contribution < -0.4 is 5.32 Å². The number of ether oxygens (including phenoxy) is 1. The molecule has 0 radical (unpaired) electrons. The number of nitrogens with one attached hydrogen (secondary N) is 1. The number of benzene rings is 1. The van der Waals surface area contributed by atoms with Gasteiger partial charge in [0.05, 0.1) is 0 Å². The van der Waals surface area contributed by atoms with Gasteiger partial charge in [-0.15, -0.1) is 0 Å². The number of rotatable bonds is 4. The SMILES string of the molecule is CC(=O)OC1CC(C)(C)CC(C)(CNc2ccccc2)C1. The second kappa shape index (κ2) is 6.08. The summed E-state index contributed by atoms with van der Waals surface area (Å²) in [6, 6.07) is 10.3. The number of esters is 1.